The zero-order valence-corrected chi connectivity index (χ0v) is 13.2. The van der Waals surface area contributed by atoms with Crippen LogP contribution >= 0.6 is 11.3 Å². The van der Waals surface area contributed by atoms with E-state index in [1.165, 1.54) is 10.8 Å². The molecule has 4 heteroatoms. The largest absolute Gasteiger partial charge is 0.309 e. The summed E-state index contributed by atoms with van der Waals surface area (Å²) in [6, 6.07) is 10.7. The second-order valence-corrected chi connectivity index (χ2v) is 6.15. The van der Waals surface area contributed by atoms with Crippen molar-refractivity contribution >= 4 is 22.1 Å². The number of nitrogens with one attached hydrogen (secondary N) is 1. The fraction of sp³-hybridized carbons (Fsp3) is 0.294. The molecule has 3 rings (SSSR count). The van der Waals surface area contributed by atoms with Crippen molar-refractivity contribution in [2.24, 2.45) is 0 Å². The maximum absolute atomic E-state index is 4.64. The van der Waals surface area contributed by atoms with Crippen molar-refractivity contribution in [3.8, 4) is 0 Å². The van der Waals surface area contributed by atoms with E-state index in [1.807, 2.05) is 13.1 Å². The van der Waals surface area contributed by atoms with E-state index >= 15 is 0 Å². The van der Waals surface area contributed by atoms with Gasteiger partial charge in [0.25, 0.3) is 0 Å². The minimum atomic E-state index is 0.197. The molecule has 108 valence electrons. The molecular weight excluding hydrogens is 278 g/mol. The lowest BCUT2D eigenvalue weighted by atomic mass is 10.0. The molecule has 2 heterocycles. The molecule has 1 unspecified atom stereocenters. The van der Waals surface area contributed by atoms with Gasteiger partial charge in [-0.3, -0.25) is 4.98 Å². The minimum Gasteiger partial charge on any atom is -0.309 e. The van der Waals surface area contributed by atoms with Crippen LogP contribution in [0.5, 0.6) is 0 Å². The van der Waals surface area contributed by atoms with Crippen molar-refractivity contribution in [3.63, 3.8) is 0 Å². The molecule has 0 saturated heterocycles. The van der Waals surface area contributed by atoms with Gasteiger partial charge in [0.2, 0.25) is 0 Å². The molecule has 3 aromatic rings. The van der Waals surface area contributed by atoms with Crippen molar-refractivity contribution in [2.75, 3.05) is 6.54 Å². The summed E-state index contributed by atoms with van der Waals surface area (Å²) < 4.78 is 0. The van der Waals surface area contributed by atoms with Gasteiger partial charge in [-0.15, -0.1) is 11.3 Å². The number of hydrogen-bond donors (Lipinski definition) is 1. The van der Waals surface area contributed by atoms with Crippen LogP contribution in [-0.2, 0) is 6.42 Å². The molecule has 0 aliphatic rings. The molecule has 21 heavy (non-hydrogen) atoms. The van der Waals surface area contributed by atoms with Crippen LogP contribution in [0.15, 0.2) is 41.9 Å². The number of thiazole rings is 1. The number of aryl methyl sites for hydroxylation is 1. The number of rotatable bonds is 5. The standard InChI is InChI=1S/C17H19N3S/c1-3-18-16(10-14-11-21-12(2)20-14)17-15-7-5-4-6-13(15)8-9-19-17/h4-9,11,16,18H,3,10H2,1-2H3. The Morgan fingerprint density at radius 3 is 2.86 bits per heavy atom. The van der Waals surface area contributed by atoms with Crippen molar-refractivity contribution in [2.45, 2.75) is 26.3 Å². The number of hydrogen-bond acceptors (Lipinski definition) is 4. The first-order valence-corrected chi connectivity index (χ1v) is 8.14. The Balaban J connectivity index is 1.98. The first kappa shape index (κ1) is 14.2. The van der Waals surface area contributed by atoms with Crippen molar-refractivity contribution in [1.82, 2.24) is 15.3 Å². The molecule has 0 saturated carbocycles. The number of benzene rings is 1. The quantitative estimate of drug-likeness (QED) is 0.776. The summed E-state index contributed by atoms with van der Waals surface area (Å²) in [5, 5.41) is 9.27. The van der Waals surface area contributed by atoms with E-state index in [0.29, 0.717) is 0 Å². The Hall–Kier alpha value is -1.78. The van der Waals surface area contributed by atoms with Gasteiger partial charge in [-0.2, -0.15) is 0 Å². The van der Waals surface area contributed by atoms with Crippen molar-refractivity contribution in [3.05, 3.63) is 58.3 Å². The summed E-state index contributed by atoms with van der Waals surface area (Å²) in [5.74, 6) is 0. The zero-order chi connectivity index (χ0) is 14.7. The first-order valence-electron chi connectivity index (χ1n) is 7.26. The van der Waals surface area contributed by atoms with Crippen LogP contribution in [-0.4, -0.2) is 16.5 Å². The Morgan fingerprint density at radius 1 is 1.24 bits per heavy atom. The lowest BCUT2D eigenvalue weighted by Gasteiger charge is -2.18. The Labute approximate surface area is 129 Å². The lowest BCUT2D eigenvalue weighted by molar-refractivity contribution is 0.536. The third kappa shape index (κ3) is 3.12. The molecule has 0 fully saturated rings. The van der Waals surface area contributed by atoms with Gasteiger partial charge < -0.3 is 5.32 Å². The average molecular weight is 297 g/mol. The van der Waals surface area contributed by atoms with Gasteiger partial charge in [0.15, 0.2) is 0 Å². The van der Waals surface area contributed by atoms with Gasteiger partial charge in [0, 0.05) is 23.4 Å². The number of likely N-dealkylation sites (N-methyl/N-ethyl adjacent to an activating group) is 1. The molecule has 2 aromatic heterocycles. The summed E-state index contributed by atoms with van der Waals surface area (Å²) in [7, 11) is 0. The van der Waals surface area contributed by atoms with Crippen molar-refractivity contribution in [1.29, 1.82) is 0 Å². The number of pyridine rings is 1. The topological polar surface area (TPSA) is 37.8 Å². The lowest BCUT2D eigenvalue weighted by Crippen LogP contribution is -2.24. The molecular formula is C17H19N3S. The van der Waals surface area contributed by atoms with Crippen molar-refractivity contribution < 1.29 is 0 Å². The average Bonchev–Trinajstić information content (AvgIpc) is 2.91. The molecule has 0 aliphatic carbocycles. The third-order valence-electron chi connectivity index (χ3n) is 3.56. The summed E-state index contributed by atoms with van der Waals surface area (Å²) in [6.07, 6.45) is 2.77. The molecule has 0 aliphatic heterocycles. The molecule has 1 atom stereocenters. The van der Waals surface area contributed by atoms with Crippen LogP contribution in [0.4, 0.5) is 0 Å². The van der Waals surface area contributed by atoms with Crippen LogP contribution in [0, 0.1) is 6.92 Å². The van der Waals surface area contributed by atoms with E-state index in [4.69, 9.17) is 0 Å². The molecule has 1 N–H and O–H groups in total. The SMILES string of the molecule is CCNC(Cc1csc(C)n1)c1nccc2ccccc12. The highest BCUT2D eigenvalue weighted by Gasteiger charge is 2.16. The van der Waals surface area contributed by atoms with E-state index in [9.17, 15) is 0 Å². The van der Waals surface area contributed by atoms with Crippen LogP contribution in [0.25, 0.3) is 10.8 Å². The van der Waals surface area contributed by atoms with Gasteiger partial charge in [0.1, 0.15) is 0 Å². The number of aromatic nitrogens is 2. The highest BCUT2D eigenvalue weighted by atomic mass is 32.1. The minimum absolute atomic E-state index is 0.197. The normalized spacial score (nSPS) is 12.7. The Kier molecular flexibility index (Phi) is 4.27. The van der Waals surface area contributed by atoms with Gasteiger partial charge in [-0.25, -0.2) is 4.98 Å². The molecule has 0 bridgehead atoms. The number of fused-ring (bicyclic) bond motifs is 1. The van der Waals surface area contributed by atoms with Gasteiger partial charge in [-0.1, -0.05) is 31.2 Å². The van der Waals surface area contributed by atoms with Crippen LogP contribution in [0.3, 0.4) is 0 Å². The maximum atomic E-state index is 4.64. The van der Waals surface area contributed by atoms with E-state index < -0.39 is 0 Å². The van der Waals surface area contributed by atoms with Gasteiger partial charge in [-0.05, 0) is 24.9 Å². The van der Waals surface area contributed by atoms with Crippen LogP contribution in [0.1, 0.15) is 29.4 Å². The zero-order valence-electron chi connectivity index (χ0n) is 12.3. The highest BCUT2D eigenvalue weighted by Crippen LogP contribution is 2.25. The van der Waals surface area contributed by atoms with Crippen LogP contribution < -0.4 is 5.32 Å². The smallest absolute Gasteiger partial charge is 0.0897 e. The predicted molar refractivity (Wildman–Crippen MR) is 88.7 cm³/mol. The van der Waals surface area contributed by atoms with Crippen LogP contribution in [0.2, 0.25) is 0 Å². The first-order chi connectivity index (χ1) is 10.3. The monoisotopic (exact) mass is 297 g/mol. The summed E-state index contributed by atoms with van der Waals surface area (Å²) in [4.78, 5) is 9.23. The predicted octanol–water partition coefficient (Wildman–Crippen LogP) is 3.89. The van der Waals surface area contributed by atoms with E-state index in [1.54, 1.807) is 11.3 Å². The molecule has 0 radical (unpaired) electrons. The fourth-order valence-electron chi connectivity index (χ4n) is 2.64. The summed E-state index contributed by atoms with van der Waals surface area (Å²) in [5.41, 5.74) is 2.25. The summed E-state index contributed by atoms with van der Waals surface area (Å²) in [6.45, 7) is 5.09. The molecule has 0 amide bonds. The second kappa shape index (κ2) is 6.33. The second-order valence-electron chi connectivity index (χ2n) is 5.09. The Morgan fingerprint density at radius 2 is 2.10 bits per heavy atom. The Bertz CT molecular complexity index is 730. The third-order valence-corrected chi connectivity index (χ3v) is 4.39. The maximum Gasteiger partial charge on any atom is 0.0897 e. The molecule has 1 aromatic carbocycles. The van der Waals surface area contributed by atoms with E-state index in [2.05, 4.69) is 57.9 Å². The summed E-state index contributed by atoms with van der Waals surface area (Å²) >= 11 is 1.70. The van der Waals surface area contributed by atoms with Gasteiger partial charge >= 0.3 is 0 Å². The van der Waals surface area contributed by atoms with Gasteiger partial charge in [0.05, 0.1) is 22.4 Å². The fourth-order valence-corrected chi connectivity index (χ4v) is 3.27. The van der Waals surface area contributed by atoms with E-state index in [-0.39, 0.29) is 6.04 Å². The van der Waals surface area contributed by atoms with E-state index in [0.717, 1.165) is 29.4 Å². The molecule has 0 spiro atoms. The molecule has 3 nitrogen and oxygen atoms in total. The number of nitrogens with zero attached hydrogens (tertiary/aromatic N) is 2. The highest BCUT2D eigenvalue weighted by molar-refractivity contribution is 7.09.